The van der Waals surface area contributed by atoms with Gasteiger partial charge in [0.1, 0.15) is 4.99 Å². The number of likely N-dealkylation sites (N-methyl/N-ethyl adjacent to an activating group) is 1. The van der Waals surface area contributed by atoms with E-state index < -0.39 is 4.92 Å². The topological polar surface area (TPSA) is 58.4 Å². The van der Waals surface area contributed by atoms with E-state index in [1.54, 1.807) is 12.1 Å². The van der Waals surface area contributed by atoms with Gasteiger partial charge >= 0.3 is 0 Å². The third kappa shape index (κ3) is 3.13. The molecule has 0 atom stereocenters. The molecule has 0 fully saturated rings. The number of nitro benzene ring substituents is 1. The molecule has 2 aromatic carbocycles. The Hall–Kier alpha value is -2.73. The van der Waals surface area contributed by atoms with Crippen molar-refractivity contribution in [3.63, 3.8) is 0 Å². The minimum atomic E-state index is -0.419. The van der Waals surface area contributed by atoms with Crippen molar-refractivity contribution in [1.29, 1.82) is 0 Å². The Morgan fingerprint density at radius 2 is 1.84 bits per heavy atom. The number of nitrogens with one attached hydrogen (secondary N) is 1. The number of rotatable bonds is 3. The van der Waals surface area contributed by atoms with Crippen molar-refractivity contribution >= 4 is 34.3 Å². The number of benzene rings is 2. The molecule has 6 heteroatoms. The van der Waals surface area contributed by atoms with Crippen LogP contribution in [0.2, 0.25) is 0 Å². The molecule has 0 aliphatic carbocycles. The molecule has 1 aliphatic rings. The van der Waals surface area contributed by atoms with E-state index >= 15 is 0 Å². The van der Waals surface area contributed by atoms with E-state index in [4.69, 9.17) is 12.2 Å². The van der Waals surface area contributed by atoms with Crippen LogP contribution in [0.3, 0.4) is 0 Å². The number of anilines is 2. The van der Waals surface area contributed by atoms with Gasteiger partial charge in [0.2, 0.25) is 0 Å². The van der Waals surface area contributed by atoms with E-state index in [2.05, 4.69) is 36.2 Å². The SMILES string of the molecule is CN1/C(=C\C(=S)Nc2ccc([N+](=O)[O-])cc2)C(C)(C)c2ccccc21. The largest absolute Gasteiger partial charge is 0.347 e. The van der Waals surface area contributed by atoms with E-state index in [1.807, 2.05) is 25.3 Å². The zero-order valence-electron chi connectivity index (χ0n) is 14.3. The molecule has 1 N–H and O–H groups in total. The monoisotopic (exact) mass is 353 g/mol. The molecule has 0 radical (unpaired) electrons. The summed E-state index contributed by atoms with van der Waals surface area (Å²) in [5.74, 6) is 0. The number of hydrogen-bond donors (Lipinski definition) is 1. The number of non-ortho nitro benzene ring substituents is 1. The maximum atomic E-state index is 10.7. The smallest absolute Gasteiger partial charge is 0.269 e. The summed E-state index contributed by atoms with van der Waals surface area (Å²) in [6.07, 6.45) is 1.96. The molecular weight excluding hydrogens is 334 g/mol. The highest BCUT2D eigenvalue weighted by atomic mass is 32.1. The predicted molar refractivity (Wildman–Crippen MR) is 105 cm³/mol. The minimum absolute atomic E-state index is 0.0573. The van der Waals surface area contributed by atoms with E-state index in [1.165, 1.54) is 23.4 Å². The Labute approximate surface area is 152 Å². The van der Waals surface area contributed by atoms with Crippen LogP contribution in [0.4, 0.5) is 17.1 Å². The number of thiocarbonyl (C=S) groups is 1. The molecule has 1 heterocycles. The van der Waals surface area contributed by atoms with Gasteiger partial charge in [-0.25, -0.2) is 0 Å². The molecule has 0 amide bonds. The molecular formula is C19H19N3O2S. The Balaban J connectivity index is 1.83. The standard InChI is InChI=1S/C19H19N3O2S/c1-19(2)15-6-4-5-7-16(15)21(3)17(19)12-18(25)20-13-8-10-14(11-9-13)22(23)24/h4-12H,1-3H3,(H,20,25)/b17-12-. The normalized spacial score (nSPS) is 16.6. The van der Waals surface area contributed by atoms with Gasteiger partial charge in [-0.05, 0) is 29.8 Å². The molecule has 0 aromatic heterocycles. The molecule has 0 unspecified atom stereocenters. The molecule has 2 aromatic rings. The molecule has 1 aliphatic heterocycles. The van der Waals surface area contributed by atoms with Crippen molar-refractivity contribution in [2.45, 2.75) is 19.3 Å². The van der Waals surface area contributed by atoms with Gasteiger partial charge in [0.15, 0.2) is 0 Å². The highest BCUT2D eigenvalue weighted by Crippen LogP contribution is 2.46. The van der Waals surface area contributed by atoms with Crippen molar-refractivity contribution < 1.29 is 4.92 Å². The van der Waals surface area contributed by atoms with Gasteiger partial charge in [-0.1, -0.05) is 44.3 Å². The van der Waals surface area contributed by atoms with Crippen LogP contribution in [0.25, 0.3) is 0 Å². The van der Waals surface area contributed by atoms with Gasteiger partial charge in [-0.2, -0.15) is 0 Å². The van der Waals surface area contributed by atoms with Crippen LogP contribution in [0.15, 0.2) is 60.3 Å². The average molecular weight is 353 g/mol. The van der Waals surface area contributed by atoms with Crippen molar-refractivity contribution in [1.82, 2.24) is 0 Å². The second-order valence-electron chi connectivity index (χ2n) is 6.52. The molecule has 25 heavy (non-hydrogen) atoms. The summed E-state index contributed by atoms with van der Waals surface area (Å²) < 4.78 is 0. The first-order valence-corrected chi connectivity index (χ1v) is 8.32. The summed E-state index contributed by atoms with van der Waals surface area (Å²) in [5, 5.41) is 13.9. The van der Waals surface area contributed by atoms with Crippen LogP contribution in [0, 0.1) is 10.1 Å². The number of para-hydroxylation sites is 1. The Morgan fingerprint density at radius 1 is 1.20 bits per heavy atom. The van der Waals surface area contributed by atoms with Crippen molar-refractivity contribution in [3.8, 4) is 0 Å². The summed E-state index contributed by atoms with van der Waals surface area (Å²) in [6.45, 7) is 4.35. The van der Waals surface area contributed by atoms with Gasteiger partial charge < -0.3 is 10.2 Å². The molecule has 0 spiro atoms. The fourth-order valence-corrected chi connectivity index (χ4v) is 3.46. The van der Waals surface area contributed by atoms with Crippen LogP contribution in [0.5, 0.6) is 0 Å². The van der Waals surface area contributed by atoms with Gasteiger partial charge in [0, 0.05) is 41.7 Å². The van der Waals surface area contributed by atoms with Crippen LogP contribution < -0.4 is 10.2 Å². The lowest BCUT2D eigenvalue weighted by atomic mass is 9.84. The van der Waals surface area contributed by atoms with Crippen molar-refractivity contribution in [3.05, 3.63) is 76.0 Å². The minimum Gasteiger partial charge on any atom is -0.347 e. The van der Waals surface area contributed by atoms with E-state index in [-0.39, 0.29) is 11.1 Å². The van der Waals surface area contributed by atoms with E-state index in [0.29, 0.717) is 4.99 Å². The first kappa shape index (κ1) is 17.1. The van der Waals surface area contributed by atoms with Gasteiger partial charge in [0.25, 0.3) is 5.69 Å². The van der Waals surface area contributed by atoms with Crippen molar-refractivity contribution in [2.75, 3.05) is 17.3 Å². The van der Waals surface area contributed by atoms with Crippen molar-refractivity contribution in [2.24, 2.45) is 0 Å². The third-order valence-electron chi connectivity index (χ3n) is 4.55. The quantitative estimate of drug-likeness (QED) is 0.377. The molecule has 3 rings (SSSR count). The summed E-state index contributed by atoms with van der Waals surface area (Å²) in [5.41, 5.74) is 4.18. The predicted octanol–water partition coefficient (Wildman–Crippen LogP) is 4.65. The van der Waals surface area contributed by atoms with Gasteiger partial charge in [-0.3, -0.25) is 10.1 Å². The number of nitrogens with zero attached hydrogens (tertiary/aromatic N) is 2. The summed E-state index contributed by atoms with van der Waals surface area (Å²) in [7, 11) is 2.04. The lowest BCUT2D eigenvalue weighted by Gasteiger charge is -2.24. The second-order valence-corrected chi connectivity index (χ2v) is 6.96. The zero-order chi connectivity index (χ0) is 18.2. The van der Waals surface area contributed by atoms with Crippen LogP contribution in [-0.2, 0) is 5.41 Å². The average Bonchev–Trinajstić information content (AvgIpc) is 2.77. The van der Waals surface area contributed by atoms with Crippen LogP contribution in [-0.4, -0.2) is 17.0 Å². The highest BCUT2D eigenvalue weighted by molar-refractivity contribution is 7.81. The molecule has 0 saturated heterocycles. The summed E-state index contributed by atoms with van der Waals surface area (Å²) in [6, 6.07) is 14.5. The Bertz CT molecular complexity index is 872. The fourth-order valence-electron chi connectivity index (χ4n) is 3.23. The van der Waals surface area contributed by atoms with E-state index in [0.717, 1.165) is 11.4 Å². The number of hydrogen-bond acceptors (Lipinski definition) is 4. The molecule has 0 bridgehead atoms. The Morgan fingerprint density at radius 3 is 2.44 bits per heavy atom. The Kier molecular flexibility index (Phi) is 4.30. The third-order valence-corrected chi connectivity index (χ3v) is 4.77. The number of nitro groups is 1. The first-order chi connectivity index (χ1) is 11.8. The fraction of sp³-hybridized carbons (Fsp3) is 0.211. The maximum Gasteiger partial charge on any atom is 0.269 e. The summed E-state index contributed by atoms with van der Waals surface area (Å²) >= 11 is 5.48. The number of fused-ring (bicyclic) bond motifs is 1. The van der Waals surface area contributed by atoms with E-state index in [9.17, 15) is 10.1 Å². The molecule has 5 nitrogen and oxygen atoms in total. The van der Waals surface area contributed by atoms with Gasteiger partial charge in [-0.15, -0.1) is 0 Å². The maximum absolute atomic E-state index is 10.7. The zero-order valence-corrected chi connectivity index (χ0v) is 15.1. The van der Waals surface area contributed by atoms with Crippen LogP contribution >= 0.6 is 12.2 Å². The molecule has 0 saturated carbocycles. The molecule has 128 valence electrons. The first-order valence-electron chi connectivity index (χ1n) is 7.91. The van der Waals surface area contributed by atoms with Gasteiger partial charge in [0.05, 0.1) is 4.92 Å². The second kappa shape index (κ2) is 6.29. The van der Waals surface area contributed by atoms with Crippen LogP contribution in [0.1, 0.15) is 19.4 Å². The lowest BCUT2D eigenvalue weighted by molar-refractivity contribution is -0.384. The number of allylic oxidation sites excluding steroid dienone is 1. The highest BCUT2D eigenvalue weighted by Gasteiger charge is 2.38. The summed E-state index contributed by atoms with van der Waals surface area (Å²) in [4.78, 5) is 13.0. The lowest BCUT2D eigenvalue weighted by Crippen LogP contribution is -2.24.